The van der Waals surface area contributed by atoms with Crippen LogP contribution in [0, 0.1) is 24.4 Å². The predicted molar refractivity (Wildman–Crippen MR) is 80.8 cm³/mol. The first-order valence-electron chi connectivity index (χ1n) is 7.10. The number of carbonyl (C=O) groups excluding carboxylic acids is 1. The zero-order chi connectivity index (χ0) is 17.0. The third-order valence-electron chi connectivity index (χ3n) is 3.28. The van der Waals surface area contributed by atoms with E-state index in [0.717, 1.165) is 5.56 Å². The third kappa shape index (κ3) is 4.03. The van der Waals surface area contributed by atoms with Crippen LogP contribution >= 0.6 is 0 Å². The molecule has 1 atom stereocenters. The van der Waals surface area contributed by atoms with Crippen molar-refractivity contribution in [3.8, 4) is 5.75 Å². The fraction of sp³-hybridized carbons (Fsp3) is 0.235. The first-order chi connectivity index (χ1) is 10.9. The van der Waals surface area contributed by atoms with Gasteiger partial charge in [-0.2, -0.15) is 0 Å². The maximum Gasteiger partial charge on any atom is 0.265 e. The zero-order valence-corrected chi connectivity index (χ0v) is 12.7. The molecule has 2 aromatic carbocycles. The second kappa shape index (κ2) is 7.17. The summed E-state index contributed by atoms with van der Waals surface area (Å²) < 4.78 is 45.7. The van der Waals surface area contributed by atoms with Gasteiger partial charge in [-0.05, 0) is 25.0 Å². The van der Waals surface area contributed by atoms with Gasteiger partial charge in [-0.25, -0.2) is 13.2 Å². The molecule has 2 rings (SSSR count). The van der Waals surface area contributed by atoms with Crippen LogP contribution in [0.4, 0.5) is 18.9 Å². The normalized spacial score (nSPS) is 11.9. The minimum atomic E-state index is -1.18. The van der Waals surface area contributed by atoms with Crippen LogP contribution in [0.15, 0.2) is 36.4 Å². The lowest BCUT2D eigenvalue weighted by molar-refractivity contribution is -0.122. The number of anilines is 1. The van der Waals surface area contributed by atoms with E-state index in [1.807, 2.05) is 19.1 Å². The van der Waals surface area contributed by atoms with E-state index in [0.29, 0.717) is 24.3 Å². The molecule has 1 N–H and O–H groups in total. The number of nitrogens with one attached hydrogen (secondary N) is 1. The number of para-hydroxylation sites is 1. The Hall–Kier alpha value is -2.50. The largest absolute Gasteiger partial charge is 0.480 e. The molecule has 0 saturated heterocycles. The highest BCUT2D eigenvalue weighted by Crippen LogP contribution is 2.22. The minimum absolute atomic E-state index is 0.296. The third-order valence-corrected chi connectivity index (χ3v) is 3.28. The Morgan fingerprint density at radius 3 is 2.35 bits per heavy atom. The highest BCUT2D eigenvalue weighted by Gasteiger charge is 2.22. The minimum Gasteiger partial charge on any atom is -0.480 e. The van der Waals surface area contributed by atoms with E-state index in [1.165, 1.54) is 0 Å². The summed E-state index contributed by atoms with van der Waals surface area (Å²) in [5.41, 5.74) is 0.140. The lowest BCUT2D eigenvalue weighted by atomic mass is 10.2. The Kier molecular flexibility index (Phi) is 5.26. The van der Waals surface area contributed by atoms with Gasteiger partial charge in [0.1, 0.15) is 17.3 Å². The van der Waals surface area contributed by atoms with Gasteiger partial charge in [0.05, 0.1) is 0 Å². The van der Waals surface area contributed by atoms with Gasteiger partial charge in [-0.1, -0.05) is 25.1 Å². The summed E-state index contributed by atoms with van der Waals surface area (Å²) in [5, 5.41) is 2.12. The number of hydrogen-bond donors (Lipinski definition) is 1. The smallest absolute Gasteiger partial charge is 0.265 e. The number of hydrogen-bond acceptors (Lipinski definition) is 2. The van der Waals surface area contributed by atoms with Gasteiger partial charge in [-0.3, -0.25) is 4.79 Å². The first kappa shape index (κ1) is 16.9. The quantitative estimate of drug-likeness (QED) is 0.895. The van der Waals surface area contributed by atoms with E-state index >= 15 is 0 Å². The molecule has 2 aromatic rings. The van der Waals surface area contributed by atoms with Crippen LogP contribution in [-0.2, 0) is 4.79 Å². The Bertz CT molecular complexity index is 696. The van der Waals surface area contributed by atoms with Crippen LogP contribution in [0.3, 0.4) is 0 Å². The van der Waals surface area contributed by atoms with Gasteiger partial charge in [0.15, 0.2) is 17.7 Å². The van der Waals surface area contributed by atoms with E-state index in [9.17, 15) is 18.0 Å². The van der Waals surface area contributed by atoms with Crippen LogP contribution in [0.25, 0.3) is 0 Å². The van der Waals surface area contributed by atoms with Crippen molar-refractivity contribution in [1.29, 1.82) is 0 Å². The highest BCUT2D eigenvalue weighted by molar-refractivity contribution is 5.94. The molecule has 0 aromatic heterocycles. The Morgan fingerprint density at radius 2 is 1.78 bits per heavy atom. The molecule has 23 heavy (non-hydrogen) atoms. The monoisotopic (exact) mass is 323 g/mol. The summed E-state index contributed by atoms with van der Waals surface area (Å²) in [6.45, 7) is 3.53. The molecular weight excluding hydrogens is 307 g/mol. The van der Waals surface area contributed by atoms with E-state index < -0.39 is 35.2 Å². The molecule has 1 unspecified atom stereocenters. The average molecular weight is 323 g/mol. The van der Waals surface area contributed by atoms with Crippen molar-refractivity contribution in [1.82, 2.24) is 0 Å². The zero-order valence-electron chi connectivity index (χ0n) is 12.7. The van der Waals surface area contributed by atoms with Gasteiger partial charge in [0.2, 0.25) is 0 Å². The molecule has 0 radical (unpaired) electrons. The fourth-order valence-electron chi connectivity index (χ4n) is 2.03. The van der Waals surface area contributed by atoms with Gasteiger partial charge < -0.3 is 10.1 Å². The second-order valence-corrected chi connectivity index (χ2v) is 5.01. The summed E-state index contributed by atoms with van der Waals surface area (Å²) in [5.74, 6) is -3.61. The van der Waals surface area contributed by atoms with Crippen molar-refractivity contribution in [2.45, 2.75) is 26.4 Å². The number of carbonyl (C=O) groups is 1. The number of benzene rings is 2. The number of amides is 1. The van der Waals surface area contributed by atoms with E-state index in [1.54, 1.807) is 19.1 Å². The number of ether oxygens (including phenoxy) is 1. The van der Waals surface area contributed by atoms with E-state index in [-0.39, 0.29) is 0 Å². The number of aryl methyl sites for hydroxylation is 1. The summed E-state index contributed by atoms with van der Waals surface area (Å²) in [7, 11) is 0. The van der Waals surface area contributed by atoms with Crippen molar-refractivity contribution in [2.24, 2.45) is 0 Å². The molecule has 0 aliphatic rings. The van der Waals surface area contributed by atoms with Crippen LogP contribution in [0.2, 0.25) is 0 Å². The molecule has 0 aliphatic heterocycles. The standard InChI is InChI=1S/C17H16F3NO2/c1-3-14(23-15-7-5-4-6-10(15)2)17(22)21-16-12(19)8-11(18)9-13(16)20/h4-9,14H,3H2,1-2H3,(H,21,22). The van der Waals surface area contributed by atoms with Crippen molar-refractivity contribution in [3.63, 3.8) is 0 Å². The average Bonchev–Trinajstić information content (AvgIpc) is 2.49. The molecule has 0 aliphatic carbocycles. The van der Waals surface area contributed by atoms with E-state index in [2.05, 4.69) is 5.32 Å². The Balaban J connectivity index is 2.17. The highest BCUT2D eigenvalue weighted by atomic mass is 19.1. The number of halogens is 3. The molecule has 0 bridgehead atoms. The maximum atomic E-state index is 13.6. The van der Waals surface area contributed by atoms with Crippen molar-refractivity contribution in [2.75, 3.05) is 5.32 Å². The molecule has 0 fully saturated rings. The summed E-state index contributed by atoms with van der Waals surface area (Å²) in [6.07, 6.45) is -0.634. The molecule has 3 nitrogen and oxygen atoms in total. The molecule has 6 heteroatoms. The molecule has 0 spiro atoms. The van der Waals surface area contributed by atoms with Crippen molar-refractivity contribution < 1.29 is 22.7 Å². The van der Waals surface area contributed by atoms with Crippen molar-refractivity contribution >= 4 is 11.6 Å². The van der Waals surface area contributed by atoms with Crippen LogP contribution < -0.4 is 10.1 Å². The fourth-order valence-corrected chi connectivity index (χ4v) is 2.03. The molecule has 122 valence electrons. The lowest BCUT2D eigenvalue weighted by Crippen LogP contribution is -2.33. The van der Waals surface area contributed by atoms with Crippen LogP contribution in [0.5, 0.6) is 5.75 Å². The van der Waals surface area contributed by atoms with Crippen molar-refractivity contribution in [3.05, 3.63) is 59.4 Å². The molecule has 0 saturated carbocycles. The van der Waals surface area contributed by atoms with Gasteiger partial charge in [0, 0.05) is 12.1 Å². The van der Waals surface area contributed by atoms with Crippen LogP contribution in [0.1, 0.15) is 18.9 Å². The van der Waals surface area contributed by atoms with Gasteiger partial charge >= 0.3 is 0 Å². The maximum absolute atomic E-state index is 13.6. The lowest BCUT2D eigenvalue weighted by Gasteiger charge is -2.19. The topological polar surface area (TPSA) is 38.3 Å². The van der Waals surface area contributed by atoms with Gasteiger partial charge in [-0.15, -0.1) is 0 Å². The molecule has 1 amide bonds. The number of rotatable bonds is 5. The summed E-state index contributed by atoms with van der Waals surface area (Å²) >= 11 is 0. The second-order valence-electron chi connectivity index (χ2n) is 5.01. The predicted octanol–water partition coefficient (Wildman–Crippen LogP) is 4.21. The summed E-state index contributed by atoms with van der Waals surface area (Å²) in [6, 6.07) is 8.10. The van der Waals surface area contributed by atoms with Gasteiger partial charge in [0.25, 0.3) is 5.91 Å². The summed E-state index contributed by atoms with van der Waals surface area (Å²) in [4.78, 5) is 12.2. The van der Waals surface area contributed by atoms with Crippen LogP contribution in [-0.4, -0.2) is 12.0 Å². The van der Waals surface area contributed by atoms with E-state index in [4.69, 9.17) is 4.74 Å². The SMILES string of the molecule is CCC(Oc1ccccc1C)C(=O)Nc1c(F)cc(F)cc1F. The Morgan fingerprint density at radius 1 is 1.17 bits per heavy atom. The molecule has 0 heterocycles. The Labute approximate surface area is 132 Å². The first-order valence-corrected chi connectivity index (χ1v) is 7.10. The molecular formula is C17H16F3NO2.